The lowest BCUT2D eigenvalue weighted by atomic mass is 9.93. The van der Waals surface area contributed by atoms with Crippen LogP contribution in [-0.2, 0) is 35.3 Å². The molecule has 0 bridgehead atoms. The van der Waals surface area contributed by atoms with Crippen LogP contribution in [0.2, 0.25) is 0 Å². The third-order valence-corrected chi connectivity index (χ3v) is 14.8. The second-order valence-electron chi connectivity index (χ2n) is 18.5. The summed E-state index contributed by atoms with van der Waals surface area (Å²) in [6, 6.07) is 6.96. The summed E-state index contributed by atoms with van der Waals surface area (Å²) < 4.78 is 91.3. The molecule has 6 aromatic heterocycles. The van der Waals surface area contributed by atoms with Crippen molar-refractivity contribution < 1.29 is 49.7 Å². The van der Waals surface area contributed by atoms with E-state index in [0.717, 1.165) is 31.9 Å². The molecule has 4 fully saturated rings. The van der Waals surface area contributed by atoms with Crippen molar-refractivity contribution >= 4 is 76.7 Å². The second kappa shape index (κ2) is 21.7. The molecule has 73 heavy (non-hydrogen) atoms. The molecule has 2 aliphatic heterocycles. The summed E-state index contributed by atoms with van der Waals surface area (Å²) in [5, 5.41) is 7.46. The molecule has 24 nitrogen and oxygen atoms in total. The van der Waals surface area contributed by atoms with Gasteiger partial charge in [0.2, 0.25) is 37.8 Å². The van der Waals surface area contributed by atoms with Crippen LogP contribution >= 0.6 is 0 Å². The highest BCUT2D eigenvalue weighted by Crippen LogP contribution is 2.35. The molecule has 8 heterocycles. The number of methoxy groups -OCH3 is 1. The molecule has 388 valence electrons. The molecule has 2 saturated carbocycles. The van der Waals surface area contributed by atoms with E-state index in [0.29, 0.717) is 135 Å². The van der Waals surface area contributed by atoms with Crippen LogP contribution in [0.1, 0.15) is 67.8 Å². The van der Waals surface area contributed by atoms with Crippen molar-refractivity contribution in [2.75, 3.05) is 90.5 Å². The molecular weight excluding hydrogens is 987 g/mol. The first kappa shape index (κ1) is 49.7. The van der Waals surface area contributed by atoms with E-state index in [2.05, 4.69) is 54.8 Å². The minimum atomic E-state index is -4.09. The van der Waals surface area contributed by atoms with Crippen LogP contribution in [0, 0.1) is 0 Å². The summed E-state index contributed by atoms with van der Waals surface area (Å²) in [6.45, 7) is 4.86. The summed E-state index contributed by atoms with van der Waals surface area (Å²) in [5.74, 6) is 1.71. The van der Waals surface area contributed by atoms with Gasteiger partial charge in [0.25, 0.3) is 5.89 Å². The molecule has 0 unspecified atom stereocenters. The standard InChI is InChI=1S/C47H57N13O11S2/c1-66-35-25-51-47(52-26-35)54-30-5-9-34(10-6-30)70-45-38-20-32(24-49-40(38)22-42(56-45)60-13-17-68-18-14-60)58-73(64,65)28-36-27-50-46(71-36)43(61)53-29-3-7-33(8-4-29)69-44-37-19-31(57-72(2,62)63)23-48-39(37)21-41(55-44)59-11-15-67-16-12-59/h19-27,29-30,33-34,57-58H,3-18,28H2,1-2H3,(H,53,61)(H,51,52,54). The van der Waals surface area contributed by atoms with Crippen LogP contribution in [-0.4, -0.2) is 148 Å². The van der Waals surface area contributed by atoms with E-state index in [4.69, 9.17) is 38.1 Å². The number of fused-ring (bicyclic) bond motifs is 2. The normalized spacial score (nSPS) is 20.8. The molecular formula is C47H57N13O11S2. The van der Waals surface area contributed by atoms with Gasteiger partial charge in [-0.05, 0) is 63.5 Å². The maximum Gasteiger partial charge on any atom is 0.307 e. The molecule has 2 aliphatic carbocycles. The number of hydrogen-bond acceptors (Lipinski definition) is 21. The van der Waals surface area contributed by atoms with E-state index in [1.165, 1.54) is 18.6 Å². The summed E-state index contributed by atoms with van der Waals surface area (Å²) in [5.41, 5.74) is 1.67. The number of morpholine rings is 2. The number of nitrogens with one attached hydrogen (secondary N) is 4. The van der Waals surface area contributed by atoms with E-state index in [-0.39, 0.29) is 47.3 Å². The summed E-state index contributed by atoms with van der Waals surface area (Å²) in [6.07, 6.45) is 13.4. The zero-order valence-electron chi connectivity index (χ0n) is 40.4. The average molecular weight is 1040 g/mol. The largest absolute Gasteiger partial charge is 0.494 e. The number of ether oxygens (including phenoxy) is 5. The van der Waals surface area contributed by atoms with E-state index >= 15 is 0 Å². The van der Waals surface area contributed by atoms with E-state index < -0.39 is 31.7 Å². The van der Waals surface area contributed by atoms with Gasteiger partial charge in [0.15, 0.2) is 5.75 Å². The van der Waals surface area contributed by atoms with Crippen molar-refractivity contribution in [3.63, 3.8) is 0 Å². The van der Waals surface area contributed by atoms with Crippen molar-refractivity contribution in [2.24, 2.45) is 0 Å². The van der Waals surface area contributed by atoms with E-state index in [1.807, 2.05) is 12.1 Å². The van der Waals surface area contributed by atoms with Crippen LogP contribution in [0.25, 0.3) is 21.8 Å². The van der Waals surface area contributed by atoms with Crippen LogP contribution in [0.3, 0.4) is 0 Å². The first-order chi connectivity index (χ1) is 35.3. The molecule has 2 saturated heterocycles. The highest BCUT2D eigenvalue weighted by atomic mass is 32.2. The number of carbonyl (C=O) groups excluding carboxylic acids is 1. The molecule has 1 amide bonds. The van der Waals surface area contributed by atoms with Crippen molar-refractivity contribution in [1.29, 1.82) is 0 Å². The number of sulfonamides is 2. The molecule has 4 aliphatic rings. The summed E-state index contributed by atoms with van der Waals surface area (Å²) in [7, 11) is -6.07. The lowest BCUT2D eigenvalue weighted by molar-refractivity contribution is 0.0856. The highest BCUT2D eigenvalue weighted by Gasteiger charge is 2.29. The van der Waals surface area contributed by atoms with Crippen LogP contribution in [0.5, 0.6) is 17.5 Å². The second-order valence-corrected chi connectivity index (χ2v) is 21.9. The maximum absolute atomic E-state index is 13.6. The summed E-state index contributed by atoms with van der Waals surface area (Å²) in [4.78, 5) is 49.3. The molecule has 0 radical (unpaired) electrons. The Bertz CT molecular complexity index is 3140. The molecule has 4 N–H and O–H groups in total. The number of rotatable bonds is 17. The van der Waals surface area contributed by atoms with E-state index in [1.54, 1.807) is 31.6 Å². The minimum absolute atomic E-state index is 0.0311. The van der Waals surface area contributed by atoms with Crippen LogP contribution < -0.4 is 44.1 Å². The Hall–Kier alpha value is -6.90. The van der Waals surface area contributed by atoms with Crippen molar-refractivity contribution in [1.82, 2.24) is 40.2 Å². The zero-order chi connectivity index (χ0) is 50.5. The van der Waals surface area contributed by atoms with Gasteiger partial charge in [-0.2, -0.15) is 9.97 Å². The lowest BCUT2D eigenvalue weighted by Crippen LogP contribution is -2.40. The molecule has 10 rings (SSSR count). The number of anilines is 5. The fourth-order valence-electron chi connectivity index (χ4n) is 9.35. The fourth-order valence-corrected chi connectivity index (χ4v) is 10.9. The van der Waals surface area contributed by atoms with Gasteiger partial charge >= 0.3 is 5.91 Å². The van der Waals surface area contributed by atoms with Gasteiger partial charge in [0.05, 0.1) is 104 Å². The average Bonchev–Trinajstić information content (AvgIpc) is 3.85. The van der Waals surface area contributed by atoms with E-state index in [9.17, 15) is 21.6 Å². The molecule has 6 aromatic rings. The predicted octanol–water partition coefficient (Wildman–Crippen LogP) is 4.27. The van der Waals surface area contributed by atoms with Crippen LogP contribution in [0.4, 0.5) is 29.0 Å². The molecule has 0 spiro atoms. The van der Waals surface area contributed by atoms with Gasteiger partial charge in [-0.3, -0.25) is 24.2 Å². The zero-order valence-corrected chi connectivity index (χ0v) is 42.0. The lowest BCUT2D eigenvalue weighted by Gasteiger charge is -2.31. The molecule has 0 aromatic carbocycles. The predicted molar refractivity (Wildman–Crippen MR) is 269 cm³/mol. The SMILES string of the molecule is COc1cnc(NC2CCC(Oc3nc(N4CCOCC4)cc4ncc(NS(=O)(=O)Cc5cnc(C(=O)NC6CCC(Oc7nc(N8CCOCC8)cc8ncc(NS(C)(=O)=O)cc78)CC6)o5)cc34)CC2)nc1. The number of aromatic nitrogens is 7. The van der Waals surface area contributed by atoms with Gasteiger partial charge < -0.3 is 48.5 Å². The third-order valence-electron chi connectivity index (χ3n) is 13.0. The highest BCUT2D eigenvalue weighted by molar-refractivity contribution is 7.92. The number of hydrogen-bond donors (Lipinski definition) is 4. The number of nitrogens with zero attached hydrogens (tertiary/aromatic N) is 9. The Morgan fingerprint density at radius 2 is 1.18 bits per heavy atom. The van der Waals surface area contributed by atoms with Gasteiger partial charge in [0.1, 0.15) is 35.4 Å². The Morgan fingerprint density at radius 1 is 0.658 bits per heavy atom. The van der Waals surface area contributed by atoms with Crippen molar-refractivity contribution in [2.45, 2.75) is 81.4 Å². The van der Waals surface area contributed by atoms with Crippen LogP contribution in [0.15, 0.2) is 59.7 Å². The quantitative estimate of drug-likeness (QED) is 0.0992. The monoisotopic (exact) mass is 1040 g/mol. The Morgan fingerprint density at radius 3 is 1.70 bits per heavy atom. The molecule has 0 atom stereocenters. The van der Waals surface area contributed by atoms with Gasteiger partial charge in [-0.15, -0.1) is 0 Å². The minimum Gasteiger partial charge on any atom is -0.494 e. The smallest absolute Gasteiger partial charge is 0.307 e. The third kappa shape index (κ3) is 12.7. The van der Waals surface area contributed by atoms with Gasteiger partial charge in [-0.25, -0.2) is 31.8 Å². The van der Waals surface area contributed by atoms with Crippen molar-refractivity contribution in [3.05, 3.63) is 66.9 Å². The van der Waals surface area contributed by atoms with Crippen molar-refractivity contribution in [3.8, 4) is 17.5 Å². The fraction of sp³-hybridized carbons (Fsp3) is 0.489. The number of amides is 1. The van der Waals surface area contributed by atoms with Gasteiger partial charge in [-0.1, -0.05) is 0 Å². The van der Waals surface area contributed by atoms with Gasteiger partial charge in [0, 0.05) is 50.4 Å². The number of oxazole rings is 1. The number of pyridine rings is 4. The Balaban J connectivity index is 0.756. The first-order valence-corrected chi connectivity index (χ1v) is 27.8. The Kier molecular flexibility index (Phi) is 14.7. The molecule has 26 heteroatoms. The summed E-state index contributed by atoms with van der Waals surface area (Å²) >= 11 is 0. The maximum atomic E-state index is 13.6. The Labute approximate surface area is 421 Å². The first-order valence-electron chi connectivity index (χ1n) is 24.2. The number of carbonyl (C=O) groups is 1. The topological polar surface area (TPSA) is 289 Å².